The SMILES string of the molecule is COc1ccc(NC(N)=NCc2ccc(C)cc2OCC(F)(F)F)cc1. The van der Waals surface area contributed by atoms with Crippen molar-refractivity contribution in [2.24, 2.45) is 10.7 Å². The molecule has 0 aromatic heterocycles. The van der Waals surface area contributed by atoms with Gasteiger partial charge in [0, 0.05) is 11.3 Å². The van der Waals surface area contributed by atoms with E-state index in [1.54, 1.807) is 56.5 Å². The minimum atomic E-state index is -4.40. The minimum Gasteiger partial charge on any atom is -0.497 e. The topological polar surface area (TPSA) is 68.9 Å². The smallest absolute Gasteiger partial charge is 0.422 e. The number of aliphatic imine (C=N–C) groups is 1. The third-order valence-electron chi connectivity index (χ3n) is 3.40. The standard InChI is InChI=1S/C18H20F3N3O2/c1-12-3-4-13(16(9-12)26-11-18(19,20)21)10-23-17(22)24-14-5-7-15(25-2)8-6-14/h3-9H,10-11H2,1-2H3,(H3,22,23,24). The van der Waals surface area contributed by atoms with E-state index in [4.69, 9.17) is 15.2 Å². The molecule has 0 spiro atoms. The number of nitrogens with zero attached hydrogens (tertiary/aromatic N) is 1. The lowest BCUT2D eigenvalue weighted by Gasteiger charge is -2.13. The summed E-state index contributed by atoms with van der Waals surface area (Å²) in [6, 6.07) is 12.1. The normalized spacial score (nSPS) is 12.0. The van der Waals surface area contributed by atoms with Gasteiger partial charge in [0.15, 0.2) is 12.6 Å². The molecule has 0 heterocycles. The van der Waals surface area contributed by atoms with Crippen LogP contribution < -0.4 is 20.5 Å². The quantitative estimate of drug-likeness (QED) is 0.601. The monoisotopic (exact) mass is 367 g/mol. The summed E-state index contributed by atoms with van der Waals surface area (Å²) < 4.78 is 47.1. The number of methoxy groups -OCH3 is 1. The van der Waals surface area contributed by atoms with Gasteiger partial charge in [0.25, 0.3) is 0 Å². The molecule has 0 atom stereocenters. The van der Waals surface area contributed by atoms with Gasteiger partial charge in [-0.25, -0.2) is 4.99 Å². The van der Waals surface area contributed by atoms with Gasteiger partial charge < -0.3 is 20.5 Å². The van der Waals surface area contributed by atoms with Crippen molar-refractivity contribution in [3.05, 3.63) is 53.6 Å². The van der Waals surface area contributed by atoms with Crippen molar-refractivity contribution in [1.82, 2.24) is 0 Å². The molecule has 5 nitrogen and oxygen atoms in total. The van der Waals surface area contributed by atoms with Crippen LogP contribution in [0.1, 0.15) is 11.1 Å². The maximum Gasteiger partial charge on any atom is 0.422 e. The Kier molecular flexibility index (Phi) is 6.32. The van der Waals surface area contributed by atoms with E-state index < -0.39 is 12.8 Å². The van der Waals surface area contributed by atoms with Gasteiger partial charge >= 0.3 is 6.18 Å². The molecule has 0 fully saturated rings. The van der Waals surface area contributed by atoms with Crippen molar-refractivity contribution < 1.29 is 22.6 Å². The van der Waals surface area contributed by atoms with Crippen LogP contribution in [-0.2, 0) is 6.54 Å². The Hall–Kier alpha value is -2.90. The molecule has 0 saturated carbocycles. The fourth-order valence-electron chi connectivity index (χ4n) is 2.12. The average Bonchev–Trinajstić information content (AvgIpc) is 2.59. The number of hydrogen-bond acceptors (Lipinski definition) is 3. The first-order valence-corrected chi connectivity index (χ1v) is 7.77. The van der Waals surface area contributed by atoms with Crippen molar-refractivity contribution in [3.8, 4) is 11.5 Å². The summed E-state index contributed by atoms with van der Waals surface area (Å²) in [4.78, 5) is 4.16. The highest BCUT2D eigenvalue weighted by Crippen LogP contribution is 2.24. The number of hydrogen-bond donors (Lipinski definition) is 2. The number of alkyl halides is 3. The molecule has 0 bridgehead atoms. The van der Waals surface area contributed by atoms with Crippen molar-refractivity contribution in [3.63, 3.8) is 0 Å². The van der Waals surface area contributed by atoms with E-state index in [9.17, 15) is 13.2 Å². The molecule has 0 aliphatic heterocycles. The molecule has 2 aromatic carbocycles. The van der Waals surface area contributed by atoms with Gasteiger partial charge in [-0.05, 0) is 42.8 Å². The Morgan fingerprint density at radius 2 is 1.85 bits per heavy atom. The molecule has 0 saturated heterocycles. The van der Waals surface area contributed by atoms with Crippen LogP contribution >= 0.6 is 0 Å². The summed E-state index contributed by atoms with van der Waals surface area (Å²) in [5.74, 6) is 0.984. The molecule has 26 heavy (non-hydrogen) atoms. The second-order valence-corrected chi connectivity index (χ2v) is 5.57. The predicted octanol–water partition coefficient (Wildman–Crippen LogP) is 3.87. The Morgan fingerprint density at radius 1 is 1.15 bits per heavy atom. The maximum atomic E-state index is 12.4. The van der Waals surface area contributed by atoms with Crippen LogP contribution in [0.2, 0.25) is 0 Å². The van der Waals surface area contributed by atoms with Gasteiger partial charge in [-0.15, -0.1) is 0 Å². The number of halogens is 3. The van der Waals surface area contributed by atoms with E-state index >= 15 is 0 Å². The lowest BCUT2D eigenvalue weighted by molar-refractivity contribution is -0.153. The molecule has 8 heteroatoms. The Balaban J connectivity index is 2.05. The van der Waals surface area contributed by atoms with Crippen LogP contribution in [0.5, 0.6) is 11.5 Å². The zero-order chi connectivity index (χ0) is 19.2. The second-order valence-electron chi connectivity index (χ2n) is 5.57. The number of rotatable bonds is 6. The lowest BCUT2D eigenvalue weighted by atomic mass is 10.1. The summed E-state index contributed by atoms with van der Waals surface area (Å²) in [6.45, 7) is 0.502. The summed E-state index contributed by atoms with van der Waals surface area (Å²) >= 11 is 0. The predicted molar refractivity (Wildman–Crippen MR) is 94.7 cm³/mol. The number of guanidine groups is 1. The number of nitrogens with one attached hydrogen (secondary N) is 1. The first-order chi connectivity index (χ1) is 12.3. The Bertz CT molecular complexity index is 759. The van der Waals surface area contributed by atoms with E-state index in [0.29, 0.717) is 17.0 Å². The Labute approximate surface area is 149 Å². The molecule has 0 amide bonds. The van der Waals surface area contributed by atoms with E-state index in [2.05, 4.69) is 10.3 Å². The van der Waals surface area contributed by atoms with E-state index in [1.165, 1.54) is 0 Å². The first kappa shape index (κ1) is 19.4. The van der Waals surface area contributed by atoms with Crippen molar-refractivity contribution in [2.75, 3.05) is 19.0 Å². The van der Waals surface area contributed by atoms with Gasteiger partial charge in [0.05, 0.1) is 13.7 Å². The molecular formula is C18H20F3N3O2. The van der Waals surface area contributed by atoms with Crippen molar-refractivity contribution >= 4 is 11.6 Å². The lowest BCUT2D eigenvalue weighted by Crippen LogP contribution is -2.22. The molecule has 0 aliphatic carbocycles. The van der Waals surface area contributed by atoms with Crippen LogP contribution in [0.25, 0.3) is 0 Å². The zero-order valence-electron chi connectivity index (χ0n) is 14.4. The number of benzene rings is 2. The second kappa shape index (κ2) is 8.46. The highest BCUT2D eigenvalue weighted by atomic mass is 19.4. The van der Waals surface area contributed by atoms with Gasteiger partial charge in [0.2, 0.25) is 0 Å². The van der Waals surface area contributed by atoms with Crippen LogP contribution in [0.4, 0.5) is 18.9 Å². The molecule has 0 unspecified atom stereocenters. The molecule has 2 rings (SSSR count). The third kappa shape index (κ3) is 6.19. The van der Waals surface area contributed by atoms with E-state index in [0.717, 1.165) is 5.56 Å². The number of aryl methyl sites for hydroxylation is 1. The van der Waals surface area contributed by atoms with Crippen LogP contribution in [0, 0.1) is 6.92 Å². The molecule has 140 valence electrons. The highest BCUT2D eigenvalue weighted by Gasteiger charge is 2.28. The summed E-state index contributed by atoms with van der Waals surface area (Å²) in [5, 5.41) is 2.90. The molecule has 0 aliphatic rings. The number of anilines is 1. The average molecular weight is 367 g/mol. The number of ether oxygens (including phenoxy) is 2. The number of nitrogens with two attached hydrogens (primary N) is 1. The van der Waals surface area contributed by atoms with E-state index in [1.807, 2.05) is 0 Å². The van der Waals surface area contributed by atoms with Gasteiger partial charge in [-0.1, -0.05) is 12.1 Å². The van der Waals surface area contributed by atoms with Crippen LogP contribution in [-0.4, -0.2) is 25.9 Å². The van der Waals surface area contributed by atoms with Crippen molar-refractivity contribution in [1.29, 1.82) is 0 Å². The highest BCUT2D eigenvalue weighted by molar-refractivity contribution is 5.92. The van der Waals surface area contributed by atoms with Crippen molar-refractivity contribution in [2.45, 2.75) is 19.6 Å². The zero-order valence-corrected chi connectivity index (χ0v) is 14.4. The summed E-state index contributed by atoms with van der Waals surface area (Å²) in [5.41, 5.74) is 7.85. The molecular weight excluding hydrogens is 347 g/mol. The summed E-state index contributed by atoms with van der Waals surface area (Å²) in [6.07, 6.45) is -4.40. The third-order valence-corrected chi connectivity index (χ3v) is 3.40. The summed E-state index contributed by atoms with van der Waals surface area (Å²) in [7, 11) is 1.57. The molecule has 0 radical (unpaired) electrons. The largest absolute Gasteiger partial charge is 0.497 e. The Morgan fingerprint density at radius 3 is 2.46 bits per heavy atom. The molecule has 3 N–H and O–H groups in total. The van der Waals surface area contributed by atoms with E-state index in [-0.39, 0.29) is 18.3 Å². The maximum absolute atomic E-state index is 12.4. The van der Waals surface area contributed by atoms with Gasteiger partial charge in [-0.2, -0.15) is 13.2 Å². The van der Waals surface area contributed by atoms with Gasteiger partial charge in [0.1, 0.15) is 11.5 Å². The first-order valence-electron chi connectivity index (χ1n) is 7.77. The van der Waals surface area contributed by atoms with Crippen LogP contribution in [0.3, 0.4) is 0 Å². The molecule has 2 aromatic rings. The van der Waals surface area contributed by atoms with Crippen LogP contribution in [0.15, 0.2) is 47.5 Å². The fourth-order valence-corrected chi connectivity index (χ4v) is 2.12. The fraction of sp³-hybridized carbons (Fsp3) is 0.278. The minimum absolute atomic E-state index is 0.0858. The van der Waals surface area contributed by atoms with Gasteiger partial charge in [-0.3, -0.25) is 0 Å².